The summed E-state index contributed by atoms with van der Waals surface area (Å²) < 4.78 is 28.7. The van der Waals surface area contributed by atoms with Gasteiger partial charge in [0.05, 0.1) is 18.4 Å². The number of hydrogen-bond donors (Lipinski definition) is 2. The number of anilines is 1. The second-order valence-corrected chi connectivity index (χ2v) is 8.50. The molecule has 2 aromatic rings. The molecule has 0 aliphatic rings. The van der Waals surface area contributed by atoms with E-state index < -0.39 is 9.84 Å². The van der Waals surface area contributed by atoms with Crippen LogP contribution in [0.15, 0.2) is 53.5 Å². The summed E-state index contributed by atoms with van der Waals surface area (Å²) in [5.41, 5.74) is 8.31. The monoisotopic (exact) mass is 503 g/mol. The Morgan fingerprint density at radius 3 is 2.26 bits per heavy atom. The van der Waals surface area contributed by atoms with E-state index in [1.54, 1.807) is 6.07 Å². The van der Waals surface area contributed by atoms with E-state index in [9.17, 15) is 8.42 Å². The number of ether oxygens (including phenoxy) is 1. The Kier molecular flexibility index (Phi) is 9.04. The van der Waals surface area contributed by atoms with Gasteiger partial charge in [-0.15, -0.1) is 24.0 Å². The highest BCUT2D eigenvalue weighted by Gasteiger charge is 2.08. The van der Waals surface area contributed by atoms with Crippen LogP contribution in [-0.2, 0) is 22.1 Å². The molecule has 0 aliphatic heterocycles. The summed E-state index contributed by atoms with van der Waals surface area (Å²) in [4.78, 5) is 4.31. The van der Waals surface area contributed by atoms with Crippen molar-refractivity contribution in [3.05, 3.63) is 59.7 Å². The van der Waals surface area contributed by atoms with Crippen LogP contribution < -0.4 is 15.8 Å². The summed E-state index contributed by atoms with van der Waals surface area (Å²) >= 11 is 0. The fourth-order valence-corrected chi connectivity index (χ4v) is 3.23. The van der Waals surface area contributed by atoms with Crippen molar-refractivity contribution in [3.63, 3.8) is 0 Å². The molecule has 3 N–H and O–H groups in total. The lowest BCUT2D eigenvalue weighted by Gasteiger charge is -2.11. The maximum atomic E-state index is 11.5. The molecule has 0 aromatic heterocycles. The highest BCUT2D eigenvalue weighted by molar-refractivity contribution is 14.0. The smallest absolute Gasteiger partial charge is 0.193 e. The number of nitrogens with zero attached hydrogens (tertiary/aromatic N) is 1. The first-order valence-electron chi connectivity index (χ1n) is 8.31. The van der Waals surface area contributed by atoms with Crippen LogP contribution >= 0.6 is 24.0 Å². The van der Waals surface area contributed by atoms with Crippen LogP contribution in [0.4, 0.5) is 5.69 Å². The van der Waals surface area contributed by atoms with Crippen LogP contribution in [0.1, 0.15) is 25.0 Å². The van der Waals surface area contributed by atoms with E-state index in [-0.39, 0.29) is 41.8 Å². The summed E-state index contributed by atoms with van der Waals surface area (Å²) in [6.45, 7) is 4.25. The third-order valence-corrected chi connectivity index (χ3v) is 4.29. The van der Waals surface area contributed by atoms with E-state index in [0.717, 1.165) is 22.6 Å². The highest BCUT2D eigenvalue weighted by atomic mass is 127. The lowest BCUT2D eigenvalue weighted by molar-refractivity contribution is 0.242. The van der Waals surface area contributed by atoms with Crippen LogP contribution in [0.3, 0.4) is 0 Å². The van der Waals surface area contributed by atoms with E-state index in [2.05, 4.69) is 10.3 Å². The van der Waals surface area contributed by atoms with Crippen LogP contribution in [0.25, 0.3) is 0 Å². The lowest BCUT2D eigenvalue weighted by atomic mass is 10.1. The van der Waals surface area contributed by atoms with Crippen LogP contribution in [0, 0.1) is 0 Å². The Bertz CT molecular complexity index is 866. The average Bonchev–Trinajstić information content (AvgIpc) is 2.54. The van der Waals surface area contributed by atoms with Gasteiger partial charge in [0.2, 0.25) is 0 Å². The van der Waals surface area contributed by atoms with Crippen LogP contribution in [0.2, 0.25) is 0 Å². The largest absolute Gasteiger partial charge is 0.491 e. The molecule has 148 valence electrons. The van der Waals surface area contributed by atoms with E-state index in [1.165, 1.54) is 6.26 Å². The van der Waals surface area contributed by atoms with E-state index >= 15 is 0 Å². The minimum absolute atomic E-state index is 0. The number of guanidine groups is 1. The van der Waals surface area contributed by atoms with Crippen molar-refractivity contribution in [2.24, 2.45) is 10.7 Å². The maximum absolute atomic E-state index is 11.5. The molecule has 0 spiro atoms. The molecule has 27 heavy (non-hydrogen) atoms. The van der Waals surface area contributed by atoms with E-state index in [0.29, 0.717) is 6.54 Å². The number of rotatable bonds is 7. The van der Waals surface area contributed by atoms with Crippen molar-refractivity contribution in [1.82, 2.24) is 0 Å². The first-order chi connectivity index (χ1) is 12.2. The standard InChI is InChI=1S/C19H25N3O3S.HI/c1-14(2)25-18-10-8-17(9-11-18)22-19(20)21-12-15-6-4-5-7-16(15)13-26(3,23)24;/h4-11,14H,12-13H2,1-3H3,(H3,20,21,22);1H. The molecule has 0 heterocycles. The molecule has 0 atom stereocenters. The molecule has 8 heteroatoms. The van der Waals surface area contributed by atoms with Crippen molar-refractivity contribution in [1.29, 1.82) is 0 Å². The SMILES string of the molecule is CC(C)Oc1ccc(NC(N)=NCc2ccccc2CS(C)(=O)=O)cc1.I. The molecule has 0 radical (unpaired) electrons. The third kappa shape index (κ3) is 8.61. The van der Waals surface area contributed by atoms with Gasteiger partial charge in [0, 0.05) is 11.9 Å². The third-order valence-electron chi connectivity index (χ3n) is 3.45. The van der Waals surface area contributed by atoms with E-state index in [1.807, 2.05) is 56.3 Å². The second-order valence-electron chi connectivity index (χ2n) is 6.36. The summed E-state index contributed by atoms with van der Waals surface area (Å²) in [5, 5.41) is 3.01. The predicted octanol–water partition coefficient (Wildman–Crippen LogP) is 3.56. The van der Waals surface area contributed by atoms with Crippen LogP contribution in [0.5, 0.6) is 5.75 Å². The number of benzene rings is 2. The molecule has 0 fully saturated rings. The lowest BCUT2D eigenvalue weighted by Crippen LogP contribution is -2.22. The van der Waals surface area contributed by atoms with Gasteiger partial charge in [-0.25, -0.2) is 13.4 Å². The topological polar surface area (TPSA) is 93.8 Å². The molecule has 0 saturated heterocycles. The second kappa shape index (κ2) is 10.5. The first-order valence-corrected chi connectivity index (χ1v) is 10.4. The summed E-state index contributed by atoms with van der Waals surface area (Å²) in [6.07, 6.45) is 1.34. The van der Waals surface area contributed by atoms with Crippen molar-refractivity contribution >= 4 is 45.5 Å². The zero-order chi connectivity index (χ0) is 19.2. The fraction of sp³-hybridized carbons (Fsp3) is 0.316. The van der Waals surface area contributed by atoms with Gasteiger partial charge in [0.15, 0.2) is 15.8 Å². The Morgan fingerprint density at radius 1 is 1.11 bits per heavy atom. The van der Waals surface area contributed by atoms with Gasteiger partial charge in [-0.05, 0) is 49.2 Å². The molecule has 2 rings (SSSR count). The predicted molar refractivity (Wildman–Crippen MR) is 122 cm³/mol. The van der Waals surface area contributed by atoms with Crippen molar-refractivity contribution in [2.45, 2.75) is 32.2 Å². The van der Waals surface area contributed by atoms with Crippen molar-refractivity contribution in [2.75, 3.05) is 11.6 Å². The Hall–Kier alpha value is -1.81. The molecular formula is C19H26IN3O3S. The molecule has 6 nitrogen and oxygen atoms in total. The zero-order valence-electron chi connectivity index (χ0n) is 15.7. The van der Waals surface area contributed by atoms with Gasteiger partial charge < -0.3 is 15.8 Å². The minimum Gasteiger partial charge on any atom is -0.491 e. The van der Waals surface area contributed by atoms with Crippen molar-refractivity contribution in [3.8, 4) is 5.75 Å². The van der Waals surface area contributed by atoms with Gasteiger partial charge >= 0.3 is 0 Å². The van der Waals surface area contributed by atoms with Gasteiger partial charge in [0.25, 0.3) is 0 Å². The van der Waals surface area contributed by atoms with Crippen LogP contribution in [-0.4, -0.2) is 26.7 Å². The quantitative estimate of drug-likeness (QED) is 0.343. The molecule has 0 aliphatic carbocycles. The summed E-state index contributed by atoms with van der Waals surface area (Å²) in [5.74, 6) is 1.04. The molecule has 0 unspecified atom stereocenters. The van der Waals surface area contributed by atoms with Gasteiger partial charge in [0.1, 0.15) is 5.75 Å². The van der Waals surface area contributed by atoms with E-state index in [4.69, 9.17) is 10.5 Å². The number of halogens is 1. The molecular weight excluding hydrogens is 477 g/mol. The normalized spacial score (nSPS) is 11.8. The number of nitrogens with two attached hydrogens (primary N) is 1. The van der Waals surface area contributed by atoms with Gasteiger partial charge in [-0.3, -0.25) is 0 Å². The number of aliphatic imine (C=N–C) groups is 1. The van der Waals surface area contributed by atoms with Gasteiger partial charge in [-0.2, -0.15) is 0 Å². The summed E-state index contributed by atoms with van der Waals surface area (Å²) in [7, 11) is -3.11. The molecule has 0 amide bonds. The Labute approximate surface area is 178 Å². The Balaban J connectivity index is 0.00000364. The summed E-state index contributed by atoms with van der Waals surface area (Å²) in [6, 6.07) is 14.8. The number of hydrogen-bond acceptors (Lipinski definition) is 4. The molecule has 0 bridgehead atoms. The Morgan fingerprint density at radius 2 is 1.70 bits per heavy atom. The minimum atomic E-state index is -3.11. The zero-order valence-corrected chi connectivity index (χ0v) is 18.8. The molecule has 2 aromatic carbocycles. The maximum Gasteiger partial charge on any atom is 0.193 e. The molecule has 0 saturated carbocycles. The van der Waals surface area contributed by atoms with Gasteiger partial charge in [-0.1, -0.05) is 24.3 Å². The number of nitrogens with one attached hydrogen (secondary N) is 1. The van der Waals surface area contributed by atoms with Crippen molar-refractivity contribution < 1.29 is 13.2 Å². The average molecular weight is 503 g/mol. The highest BCUT2D eigenvalue weighted by Crippen LogP contribution is 2.17. The first kappa shape index (κ1) is 23.2. The number of sulfone groups is 1. The fourth-order valence-electron chi connectivity index (χ4n) is 2.38.